The summed E-state index contributed by atoms with van der Waals surface area (Å²) in [5.41, 5.74) is 1.79. The van der Waals surface area contributed by atoms with Crippen LogP contribution in [-0.2, 0) is 11.3 Å². The van der Waals surface area contributed by atoms with E-state index < -0.39 is 0 Å². The molecule has 0 N–H and O–H groups in total. The van der Waals surface area contributed by atoms with Crippen LogP contribution in [-0.4, -0.2) is 97.4 Å². The van der Waals surface area contributed by atoms with E-state index in [0.29, 0.717) is 36.8 Å². The molecule has 2 heterocycles. The molecule has 0 saturated carbocycles. The molecule has 2 amide bonds. The number of halogens is 1. The Hall–Kier alpha value is -2.61. The highest BCUT2D eigenvalue weighted by Gasteiger charge is 2.26. The van der Waals surface area contributed by atoms with Gasteiger partial charge in [0.25, 0.3) is 5.91 Å². The van der Waals surface area contributed by atoms with Gasteiger partial charge in [-0.05, 0) is 36.2 Å². The lowest BCUT2D eigenvalue weighted by Gasteiger charge is -2.35. The molecule has 2 aliphatic rings. The zero-order valence-electron chi connectivity index (χ0n) is 19.8. The van der Waals surface area contributed by atoms with Gasteiger partial charge in [0.1, 0.15) is 5.75 Å². The van der Waals surface area contributed by atoms with E-state index in [4.69, 9.17) is 16.3 Å². The summed E-state index contributed by atoms with van der Waals surface area (Å²) < 4.78 is 5.23. The third-order valence-corrected chi connectivity index (χ3v) is 6.96. The molecule has 2 aliphatic heterocycles. The van der Waals surface area contributed by atoms with E-state index in [1.165, 1.54) is 5.56 Å². The van der Waals surface area contributed by atoms with Crippen LogP contribution >= 0.6 is 11.6 Å². The molecular formula is C26H33ClN4O3. The van der Waals surface area contributed by atoms with Crippen LogP contribution in [0.3, 0.4) is 0 Å². The predicted molar refractivity (Wildman–Crippen MR) is 133 cm³/mol. The Morgan fingerprint density at radius 3 is 2.21 bits per heavy atom. The average molecular weight is 485 g/mol. The minimum absolute atomic E-state index is 0.0354. The van der Waals surface area contributed by atoms with Crippen molar-refractivity contribution in [2.45, 2.75) is 13.0 Å². The van der Waals surface area contributed by atoms with Crippen molar-refractivity contribution in [1.29, 1.82) is 0 Å². The van der Waals surface area contributed by atoms with Crippen LogP contribution in [0.15, 0.2) is 48.5 Å². The summed E-state index contributed by atoms with van der Waals surface area (Å²) in [4.78, 5) is 34.2. The summed E-state index contributed by atoms with van der Waals surface area (Å²) in [6.45, 7) is 7.33. The lowest BCUT2D eigenvalue weighted by molar-refractivity contribution is -0.134. The fourth-order valence-electron chi connectivity index (χ4n) is 4.57. The number of amides is 2. The van der Waals surface area contributed by atoms with E-state index >= 15 is 0 Å². The zero-order valence-corrected chi connectivity index (χ0v) is 20.5. The highest BCUT2D eigenvalue weighted by atomic mass is 35.5. The number of hydrogen-bond acceptors (Lipinski definition) is 5. The second-order valence-corrected chi connectivity index (χ2v) is 9.31. The number of carbonyl (C=O) groups is 2. The smallest absolute Gasteiger partial charge is 0.255 e. The molecule has 2 fully saturated rings. The highest BCUT2D eigenvalue weighted by Crippen LogP contribution is 2.18. The Bertz CT molecular complexity index is 976. The predicted octanol–water partition coefficient (Wildman–Crippen LogP) is 2.84. The third-order valence-electron chi connectivity index (χ3n) is 6.63. The molecule has 2 aromatic rings. The Labute approximate surface area is 206 Å². The fourth-order valence-corrected chi connectivity index (χ4v) is 4.79. The van der Waals surface area contributed by atoms with Gasteiger partial charge < -0.3 is 14.5 Å². The van der Waals surface area contributed by atoms with Crippen molar-refractivity contribution in [2.75, 3.05) is 66.0 Å². The van der Waals surface area contributed by atoms with Crippen LogP contribution in [0, 0.1) is 0 Å². The Balaban J connectivity index is 1.22. The van der Waals surface area contributed by atoms with Gasteiger partial charge in [0.05, 0.1) is 24.2 Å². The van der Waals surface area contributed by atoms with E-state index in [0.717, 1.165) is 51.4 Å². The van der Waals surface area contributed by atoms with Gasteiger partial charge in [-0.3, -0.25) is 19.4 Å². The number of methoxy groups -OCH3 is 1. The normalized spacial score (nSPS) is 17.9. The maximum absolute atomic E-state index is 12.9. The van der Waals surface area contributed by atoms with Crippen LogP contribution in [0.5, 0.6) is 5.75 Å². The molecule has 2 aromatic carbocycles. The molecule has 0 radical (unpaired) electrons. The van der Waals surface area contributed by atoms with Gasteiger partial charge in [0.15, 0.2) is 0 Å². The second kappa shape index (κ2) is 11.7. The van der Waals surface area contributed by atoms with Gasteiger partial charge in [-0.2, -0.15) is 0 Å². The first-order valence-electron chi connectivity index (χ1n) is 11.9. The van der Waals surface area contributed by atoms with E-state index in [2.05, 4.69) is 21.9 Å². The van der Waals surface area contributed by atoms with Crippen molar-refractivity contribution in [3.05, 3.63) is 64.7 Å². The van der Waals surface area contributed by atoms with Crippen LogP contribution in [0.25, 0.3) is 0 Å². The first-order valence-corrected chi connectivity index (χ1v) is 12.3. The average Bonchev–Trinajstić information content (AvgIpc) is 3.10. The lowest BCUT2D eigenvalue weighted by atomic mass is 10.2. The van der Waals surface area contributed by atoms with Gasteiger partial charge >= 0.3 is 0 Å². The maximum Gasteiger partial charge on any atom is 0.255 e. The Morgan fingerprint density at radius 1 is 0.824 bits per heavy atom. The van der Waals surface area contributed by atoms with E-state index in [1.54, 1.807) is 19.2 Å². The van der Waals surface area contributed by atoms with Gasteiger partial charge in [0, 0.05) is 58.9 Å². The summed E-state index contributed by atoms with van der Waals surface area (Å²) in [5.74, 6) is 1.01. The summed E-state index contributed by atoms with van der Waals surface area (Å²) in [7, 11) is 1.67. The van der Waals surface area contributed by atoms with Crippen LogP contribution in [0.4, 0.5) is 0 Å². The second-order valence-electron chi connectivity index (χ2n) is 8.91. The molecule has 0 atom stereocenters. The number of hydrogen-bond donors (Lipinski definition) is 0. The third kappa shape index (κ3) is 6.29. The van der Waals surface area contributed by atoms with Gasteiger partial charge in [-0.15, -0.1) is 0 Å². The number of carbonyl (C=O) groups excluding carboxylic acids is 2. The first-order chi connectivity index (χ1) is 16.5. The Kier molecular flexibility index (Phi) is 8.43. The topological polar surface area (TPSA) is 56.3 Å². The standard InChI is InChI=1S/C26H33ClN4O3/c1-34-22-9-7-21(8-10-22)19-29-13-16-30(17-14-29)25(32)20-28-11-4-12-31(18-15-28)26(33)23-5-2-3-6-24(23)27/h2-3,5-10H,4,11-20H2,1H3. The number of rotatable bonds is 6. The monoisotopic (exact) mass is 484 g/mol. The summed E-state index contributed by atoms with van der Waals surface area (Å²) >= 11 is 6.21. The molecule has 8 heteroatoms. The molecule has 0 bridgehead atoms. The SMILES string of the molecule is COc1ccc(CN2CCN(C(=O)CN3CCCN(C(=O)c4ccccc4Cl)CC3)CC2)cc1. The molecule has 2 saturated heterocycles. The molecule has 0 aliphatic carbocycles. The molecule has 7 nitrogen and oxygen atoms in total. The molecule has 4 rings (SSSR count). The maximum atomic E-state index is 12.9. The summed E-state index contributed by atoms with van der Waals surface area (Å²) in [5, 5.41) is 0.481. The van der Waals surface area contributed by atoms with E-state index in [9.17, 15) is 9.59 Å². The van der Waals surface area contributed by atoms with Crippen LogP contribution in [0.1, 0.15) is 22.3 Å². The van der Waals surface area contributed by atoms with Crippen molar-refractivity contribution in [1.82, 2.24) is 19.6 Å². The zero-order chi connectivity index (χ0) is 23.9. The van der Waals surface area contributed by atoms with Crippen molar-refractivity contribution < 1.29 is 14.3 Å². The van der Waals surface area contributed by atoms with Gasteiger partial charge in [-0.1, -0.05) is 35.9 Å². The number of ether oxygens (including phenoxy) is 1. The quantitative estimate of drug-likeness (QED) is 0.631. The highest BCUT2D eigenvalue weighted by molar-refractivity contribution is 6.33. The van der Waals surface area contributed by atoms with E-state index in [1.807, 2.05) is 34.1 Å². The van der Waals surface area contributed by atoms with Crippen LogP contribution in [0.2, 0.25) is 5.02 Å². The van der Waals surface area contributed by atoms with Gasteiger partial charge in [0.2, 0.25) is 5.91 Å². The molecular weight excluding hydrogens is 452 g/mol. The summed E-state index contributed by atoms with van der Waals surface area (Å²) in [6.07, 6.45) is 0.846. The molecule has 0 aromatic heterocycles. The Morgan fingerprint density at radius 2 is 1.50 bits per heavy atom. The number of nitrogens with zero attached hydrogens (tertiary/aromatic N) is 4. The van der Waals surface area contributed by atoms with Crippen molar-refractivity contribution in [3.8, 4) is 5.75 Å². The molecule has 0 unspecified atom stereocenters. The minimum Gasteiger partial charge on any atom is -0.497 e. The largest absolute Gasteiger partial charge is 0.497 e. The first kappa shape index (κ1) is 24.5. The van der Waals surface area contributed by atoms with Crippen molar-refractivity contribution in [2.24, 2.45) is 0 Å². The van der Waals surface area contributed by atoms with E-state index in [-0.39, 0.29) is 11.8 Å². The van der Waals surface area contributed by atoms with Crippen molar-refractivity contribution >= 4 is 23.4 Å². The van der Waals surface area contributed by atoms with Gasteiger partial charge in [-0.25, -0.2) is 0 Å². The fraction of sp³-hybridized carbons (Fsp3) is 0.462. The number of benzene rings is 2. The van der Waals surface area contributed by atoms with Crippen LogP contribution < -0.4 is 4.74 Å². The molecule has 182 valence electrons. The molecule has 0 spiro atoms. The summed E-state index contributed by atoms with van der Waals surface area (Å²) in [6, 6.07) is 15.3. The number of piperazine rings is 1. The van der Waals surface area contributed by atoms with Crippen molar-refractivity contribution in [3.63, 3.8) is 0 Å². The molecule has 34 heavy (non-hydrogen) atoms. The lowest BCUT2D eigenvalue weighted by Crippen LogP contribution is -2.51. The minimum atomic E-state index is -0.0354.